The van der Waals surface area contributed by atoms with Gasteiger partial charge in [-0.3, -0.25) is 10.0 Å². The van der Waals surface area contributed by atoms with Crippen LogP contribution >= 0.6 is 0 Å². The third-order valence-electron chi connectivity index (χ3n) is 3.27. The molecule has 0 aromatic heterocycles. The monoisotopic (exact) mass is 303 g/mol. The number of carboxylic acid groups (broad SMARTS) is 1. The molecule has 2 aliphatic rings. The number of amides is 3. The van der Waals surface area contributed by atoms with E-state index in [0.29, 0.717) is 15.7 Å². The number of nitrogens with zero attached hydrogens (tertiary/aromatic N) is 3. The van der Waals surface area contributed by atoms with Gasteiger partial charge in [0.05, 0.1) is 12.6 Å². The summed E-state index contributed by atoms with van der Waals surface area (Å²) in [6.07, 6.45) is -1.18. The van der Waals surface area contributed by atoms with Gasteiger partial charge in [-0.1, -0.05) is 6.08 Å². The van der Waals surface area contributed by atoms with Crippen molar-refractivity contribution in [1.82, 2.24) is 15.0 Å². The number of carbonyl (C=O) groups is 3. The van der Waals surface area contributed by atoms with Gasteiger partial charge in [-0.2, -0.15) is 5.06 Å². The first-order chi connectivity index (χ1) is 9.73. The van der Waals surface area contributed by atoms with Crippen LogP contribution in [-0.4, -0.2) is 75.3 Å². The van der Waals surface area contributed by atoms with Crippen molar-refractivity contribution in [2.24, 2.45) is 0 Å². The average molecular weight is 303 g/mol. The van der Waals surface area contributed by atoms with Crippen LogP contribution in [0.5, 0.6) is 0 Å². The highest BCUT2D eigenvalue weighted by molar-refractivity contribution is 5.91. The van der Waals surface area contributed by atoms with Crippen molar-refractivity contribution < 1.29 is 33.9 Å². The maximum Gasteiger partial charge on any atom is 0.368 e. The molecule has 0 spiro atoms. The topological polar surface area (TPSA) is 111 Å². The number of alkyl halides is 1. The Kier molecular flexibility index (Phi) is 3.83. The molecule has 9 nitrogen and oxygen atoms in total. The second kappa shape index (κ2) is 5.30. The fraction of sp³-hybridized carbons (Fsp3) is 0.545. The van der Waals surface area contributed by atoms with Crippen LogP contribution in [-0.2, 0) is 14.4 Å². The lowest BCUT2D eigenvalue weighted by molar-refractivity contribution is -0.219. The van der Waals surface area contributed by atoms with E-state index in [0.717, 1.165) is 11.9 Å². The van der Waals surface area contributed by atoms with E-state index in [1.54, 1.807) is 6.92 Å². The third kappa shape index (κ3) is 2.54. The van der Waals surface area contributed by atoms with E-state index in [2.05, 4.69) is 4.84 Å². The van der Waals surface area contributed by atoms with Gasteiger partial charge in [0.2, 0.25) is 0 Å². The van der Waals surface area contributed by atoms with Gasteiger partial charge in [-0.05, 0) is 12.5 Å². The zero-order chi connectivity index (χ0) is 15.9. The van der Waals surface area contributed by atoms with Crippen molar-refractivity contribution in [3.05, 3.63) is 11.6 Å². The minimum atomic E-state index is -2.68. The molecule has 2 heterocycles. The van der Waals surface area contributed by atoms with Crippen LogP contribution in [0.15, 0.2) is 11.6 Å². The molecule has 2 aliphatic heterocycles. The van der Waals surface area contributed by atoms with Crippen LogP contribution in [0.4, 0.5) is 9.18 Å². The molecular formula is C11H14FN3O6. The van der Waals surface area contributed by atoms with Crippen molar-refractivity contribution in [3.63, 3.8) is 0 Å². The summed E-state index contributed by atoms with van der Waals surface area (Å²) in [7, 11) is 1.12. The zero-order valence-electron chi connectivity index (χ0n) is 11.3. The molecule has 1 fully saturated rings. The minimum Gasteiger partial charge on any atom is -0.477 e. The summed E-state index contributed by atoms with van der Waals surface area (Å²) in [4.78, 5) is 40.0. The summed E-state index contributed by atoms with van der Waals surface area (Å²) in [5.41, 5.74) is 0.474. The van der Waals surface area contributed by atoms with Crippen molar-refractivity contribution in [2.75, 3.05) is 13.6 Å². The Morgan fingerprint density at radius 1 is 1.57 bits per heavy atom. The molecule has 3 atom stereocenters. The van der Waals surface area contributed by atoms with Crippen LogP contribution < -0.4 is 0 Å². The number of carboxylic acids is 1. The number of fused-ring (bicyclic) bond motifs is 2. The van der Waals surface area contributed by atoms with E-state index >= 15 is 0 Å². The molecule has 116 valence electrons. The van der Waals surface area contributed by atoms with E-state index in [4.69, 9.17) is 5.11 Å². The van der Waals surface area contributed by atoms with Crippen molar-refractivity contribution >= 4 is 17.9 Å². The van der Waals surface area contributed by atoms with Crippen LogP contribution in [0.25, 0.3) is 0 Å². The normalized spacial score (nSPS) is 25.7. The highest BCUT2D eigenvalue weighted by Crippen LogP contribution is 2.30. The summed E-state index contributed by atoms with van der Waals surface area (Å²) < 4.78 is 13.1. The summed E-state index contributed by atoms with van der Waals surface area (Å²) in [5, 5.41) is 18.6. The summed E-state index contributed by atoms with van der Waals surface area (Å²) >= 11 is 0. The second-order valence-corrected chi connectivity index (χ2v) is 4.76. The van der Waals surface area contributed by atoms with Crippen LogP contribution in [0.3, 0.4) is 0 Å². The van der Waals surface area contributed by atoms with Crippen molar-refractivity contribution in [1.29, 1.82) is 0 Å². The molecule has 21 heavy (non-hydrogen) atoms. The molecule has 2 rings (SSSR count). The van der Waals surface area contributed by atoms with E-state index < -0.39 is 36.3 Å². The van der Waals surface area contributed by atoms with Gasteiger partial charge in [0.15, 0.2) is 0 Å². The first-order valence-corrected chi connectivity index (χ1v) is 6.02. The number of hydrogen-bond donors (Lipinski definition) is 2. The Morgan fingerprint density at radius 2 is 2.19 bits per heavy atom. The molecule has 0 aromatic carbocycles. The number of hydroxylamine groups is 4. The van der Waals surface area contributed by atoms with Crippen LogP contribution in [0.1, 0.15) is 6.92 Å². The summed E-state index contributed by atoms with van der Waals surface area (Å²) in [6.45, 7) is 1.61. The number of urea groups is 1. The Hall–Kier alpha value is -2.20. The number of hydrogen-bond acceptors (Lipinski definition) is 5. The van der Waals surface area contributed by atoms with E-state index in [-0.39, 0.29) is 6.54 Å². The van der Waals surface area contributed by atoms with Gasteiger partial charge >= 0.3 is 18.4 Å². The maximum absolute atomic E-state index is 13.1. The standard InChI is InChI=1S/C11H14FN3O6/c1-5-3-6-4-14(7(5)9(16)13(2)20)11(19)15(6)21-8(12)10(17)18/h3,6-8,20H,4H2,1-2H3,(H,17,18)/t6-,7+,8+/m1/s1. The van der Waals surface area contributed by atoms with Gasteiger partial charge in [-0.15, -0.1) is 0 Å². The number of halogens is 1. The van der Waals surface area contributed by atoms with Crippen molar-refractivity contribution in [3.8, 4) is 0 Å². The molecule has 10 heteroatoms. The lowest BCUT2D eigenvalue weighted by atomic mass is 10.00. The first kappa shape index (κ1) is 15.2. The van der Waals surface area contributed by atoms with Gasteiger partial charge in [0, 0.05) is 7.05 Å². The van der Waals surface area contributed by atoms with E-state index in [1.807, 2.05) is 0 Å². The third-order valence-corrected chi connectivity index (χ3v) is 3.27. The zero-order valence-corrected chi connectivity index (χ0v) is 11.3. The molecular weight excluding hydrogens is 289 g/mol. The number of carbonyl (C=O) groups excluding carboxylic acids is 2. The van der Waals surface area contributed by atoms with E-state index in [1.165, 1.54) is 6.08 Å². The Balaban J connectivity index is 2.23. The maximum atomic E-state index is 13.1. The Bertz CT molecular complexity index is 522. The van der Waals surface area contributed by atoms with Gasteiger partial charge < -0.3 is 10.0 Å². The molecule has 0 saturated carbocycles. The van der Waals surface area contributed by atoms with Crippen LogP contribution in [0, 0.1) is 0 Å². The number of aliphatic carboxylic acids is 1. The smallest absolute Gasteiger partial charge is 0.368 e. The summed E-state index contributed by atoms with van der Waals surface area (Å²) in [5.74, 6) is -2.59. The van der Waals surface area contributed by atoms with Gasteiger partial charge in [0.25, 0.3) is 5.91 Å². The van der Waals surface area contributed by atoms with Gasteiger partial charge in [0.1, 0.15) is 6.04 Å². The lowest BCUT2D eigenvalue weighted by Crippen LogP contribution is -2.49. The van der Waals surface area contributed by atoms with E-state index in [9.17, 15) is 24.0 Å². The predicted molar refractivity (Wildman–Crippen MR) is 63.4 cm³/mol. The lowest BCUT2D eigenvalue weighted by Gasteiger charge is -2.30. The first-order valence-electron chi connectivity index (χ1n) is 6.02. The van der Waals surface area contributed by atoms with Crippen molar-refractivity contribution in [2.45, 2.75) is 25.4 Å². The molecule has 1 saturated heterocycles. The number of rotatable bonds is 4. The van der Waals surface area contributed by atoms with Gasteiger partial charge in [-0.25, -0.2) is 23.9 Å². The SMILES string of the molecule is CC1=C[C@@H]2CN(C(=O)N2O[C@H](F)C(=O)O)[C@@H]1C(=O)N(C)O. The highest BCUT2D eigenvalue weighted by Gasteiger charge is 2.49. The van der Waals surface area contributed by atoms with Crippen LogP contribution in [0.2, 0.25) is 0 Å². The molecule has 2 N–H and O–H groups in total. The fourth-order valence-corrected chi connectivity index (χ4v) is 2.37. The fourth-order valence-electron chi connectivity index (χ4n) is 2.37. The Morgan fingerprint density at radius 3 is 2.71 bits per heavy atom. The minimum absolute atomic E-state index is 0.0345. The highest BCUT2D eigenvalue weighted by atomic mass is 19.1. The molecule has 0 unspecified atom stereocenters. The molecule has 2 bridgehead atoms. The predicted octanol–water partition coefficient (Wildman–Crippen LogP) is -0.419. The summed E-state index contributed by atoms with van der Waals surface area (Å²) in [6, 6.07) is -2.56. The quantitative estimate of drug-likeness (QED) is 0.414. The Labute approximate surface area is 118 Å². The second-order valence-electron chi connectivity index (χ2n) is 4.76. The largest absolute Gasteiger partial charge is 0.477 e. The molecule has 0 aliphatic carbocycles. The molecule has 0 aromatic rings. The average Bonchev–Trinajstić information content (AvgIpc) is 2.63. The molecule has 0 radical (unpaired) electrons. The molecule has 3 amide bonds. The number of likely N-dealkylation sites (N-methyl/N-ethyl adjacent to an activating group) is 1.